The molecule has 0 atom stereocenters. The van der Waals surface area contributed by atoms with Gasteiger partial charge in [-0.05, 0) is 17.5 Å². The fraction of sp³-hybridized carbons (Fsp3) is 0.176. The number of thioether (sulfide) groups is 1. The van der Waals surface area contributed by atoms with E-state index >= 15 is 0 Å². The van der Waals surface area contributed by atoms with Gasteiger partial charge in [0.15, 0.2) is 5.17 Å². The van der Waals surface area contributed by atoms with Crippen molar-refractivity contribution in [3.8, 4) is 0 Å². The minimum atomic E-state index is 0.799. The summed E-state index contributed by atoms with van der Waals surface area (Å²) in [5, 5.41) is 8.74. The van der Waals surface area contributed by atoms with Gasteiger partial charge in [0.1, 0.15) is 0 Å². The summed E-state index contributed by atoms with van der Waals surface area (Å²) < 4.78 is 0. The van der Waals surface area contributed by atoms with Crippen molar-refractivity contribution in [1.82, 2.24) is 10.4 Å². The maximum atomic E-state index is 4.60. The van der Waals surface area contributed by atoms with Crippen molar-refractivity contribution in [2.45, 2.75) is 6.42 Å². The lowest BCUT2D eigenvalue weighted by Gasteiger charge is -2.14. The third-order valence-corrected chi connectivity index (χ3v) is 5.57. The van der Waals surface area contributed by atoms with E-state index in [1.807, 2.05) is 12.3 Å². The molecule has 2 N–H and O–H groups in total. The number of nitrogens with one attached hydrogen (secondary N) is 2. The van der Waals surface area contributed by atoms with Crippen molar-refractivity contribution < 1.29 is 0 Å². The Kier molecular flexibility index (Phi) is 4.17. The zero-order valence-corrected chi connectivity index (χ0v) is 14.1. The number of thiophene rings is 1. The number of para-hydroxylation sites is 1. The Bertz CT molecular complexity index is 862. The summed E-state index contributed by atoms with van der Waals surface area (Å²) in [4.78, 5) is 9.27. The second-order valence-corrected chi connectivity index (χ2v) is 7.22. The second kappa shape index (κ2) is 6.60. The van der Waals surface area contributed by atoms with E-state index in [-0.39, 0.29) is 0 Å². The number of rotatable bonds is 4. The Hall–Kier alpha value is -2.05. The number of hydrazone groups is 1. The smallest absolute Gasteiger partial charge is 0.177 e. The Morgan fingerprint density at radius 1 is 1.17 bits per heavy atom. The molecule has 3 aromatic rings. The summed E-state index contributed by atoms with van der Waals surface area (Å²) >= 11 is 3.49. The van der Waals surface area contributed by atoms with Crippen LogP contribution in [0.1, 0.15) is 10.4 Å². The van der Waals surface area contributed by atoms with Crippen LogP contribution in [-0.2, 0) is 6.42 Å². The van der Waals surface area contributed by atoms with Crippen molar-refractivity contribution in [1.29, 1.82) is 0 Å². The molecule has 116 valence electrons. The van der Waals surface area contributed by atoms with Crippen LogP contribution in [0, 0.1) is 0 Å². The second-order valence-electron chi connectivity index (χ2n) is 5.22. The number of amidine groups is 1. The zero-order chi connectivity index (χ0) is 15.5. The average Bonchev–Trinajstić information content (AvgIpc) is 3.25. The molecule has 2 aromatic heterocycles. The number of hydrogen-bond acceptors (Lipinski definition) is 4. The van der Waals surface area contributed by atoms with Gasteiger partial charge in [0, 0.05) is 46.3 Å². The molecule has 4 rings (SSSR count). The summed E-state index contributed by atoms with van der Waals surface area (Å²) in [5.41, 5.74) is 6.46. The average molecular weight is 340 g/mol. The number of aromatic amines is 1. The largest absolute Gasteiger partial charge is 0.360 e. The van der Waals surface area contributed by atoms with Crippen molar-refractivity contribution in [3.05, 3.63) is 58.4 Å². The van der Waals surface area contributed by atoms with E-state index in [1.54, 1.807) is 23.1 Å². The van der Waals surface area contributed by atoms with Crippen LogP contribution in [0.4, 0.5) is 0 Å². The lowest BCUT2D eigenvalue weighted by molar-refractivity contribution is 0.954. The number of H-pyrrole nitrogens is 1. The molecule has 0 spiro atoms. The molecule has 0 amide bonds. The summed E-state index contributed by atoms with van der Waals surface area (Å²) in [6, 6.07) is 12.5. The molecular formula is C17H16N4S2. The first-order valence-corrected chi connectivity index (χ1v) is 9.35. The number of hydrogen-bond donors (Lipinski definition) is 2. The highest BCUT2D eigenvalue weighted by Crippen LogP contribution is 2.22. The summed E-state index contributed by atoms with van der Waals surface area (Å²) in [6.45, 7) is 0.799. The van der Waals surface area contributed by atoms with Crippen LogP contribution in [0.25, 0.3) is 10.9 Å². The highest BCUT2D eigenvalue weighted by molar-refractivity contribution is 8.14. The van der Waals surface area contributed by atoms with Gasteiger partial charge in [-0.1, -0.05) is 36.0 Å². The number of aromatic nitrogens is 1. The minimum absolute atomic E-state index is 0.799. The number of benzene rings is 1. The molecule has 3 heterocycles. The van der Waals surface area contributed by atoms with Crippen molar-refractivity contribution >= 4 is 44.9 Å². The lowest BCUT2D eigenvalue weighted by Crippen LogP contribution is -2.25. The summed E-state index contributed by atoms with van der Waals surface area (Å²) in [6.07, 6.45) is 3.02. The molecule has 0 saturated heterocycles. The van der Waals surface area contributed by atoms with E-state index in [0.717, 1.165) is 35.1 Å². The van der Waals surface area contributed by atoms with Crippen LogP contribution in [0.5, 0.6) is 0 Å². The van der Waals surface area contributed by atoms with Crippen LogP contribution in [0.3, 0.4) is 0 Å². The van der Waals surface area contributed by atoms with E-state index in [2.05, 4.69) is 56.2 Å². The van der Waals surface area contributed by atoms with Gasteiger partial charge < -0.3 is 4.98 Å². The first-order valence-electron chi connectivity index (χ1n) is 7.49. The van der Waals surface area contributed by atoms with E-state index in [1.165, 1.54) is 15.8 Å². The highest BCUT2D eigenvalue weighted by Gasteiger charge is 2.15. The molecule has 0 radical (unpaired) electrons. The van der Waals surface area contributed by atoms with Crippen LogP contribution in [-0.4, -0.2) is 28.2 Å². The molecule has 1 aliphatic rings. The van der Waals surface area contributed by atoms with E-state index in [9.17, 15) is 0 Å². The molecule has 0 saturated carbocycles. The fourth-order valence-electron chi connectivity index (χ4n) is 2.57. The third kappa shape index (κ3) is 3.18. The highest BCUT2D eigenvalue weighted by atomic mass is 32.2. The van der Waals surface area contributed by atoms with E-state index in [4.69, 9.17) is 0 Å². The lowest BCUT2D eigenvalue weighted by atomic mass is 10.1. The van der Waals surface area contributed by atoms with Gasteiger partial charge in [0.2, 0.25) is 0 Å². The van der Waals surface area contributed by atoms with Crippen LogP contribution >= 0.6 is 23.1 Å². The molecule has 4 nitrogen and oxygen atoms in total. The molecule has 0 bridgehead atoms. The topological polar surface area (TPSA) is 52.5 Å². The maximum absolute atomic E-state index is 4.60. The zero-order valence-electron chi connectivity index (χ0n) is 12.5. The molecule has 6 heteroatoms. The molecule has 0 fully saturated rings. The quantitative estimate of drug-likeness (QED) is 0.757. The van der Waals surface area contributed by atoms with Gasteiger partial charge in [0.25, 0.3) is 0 Å². The normalized spacial score (nSPS) is 16.5. The van der Waals surface area contributed by atoms with Gasteiger partial charge in [-0.15, -0.1) is 11.3 Å². The van der Waals surface area contributed by atoms with E-state index < -0.39 is 0 Å². The predicted octanol–water partition coefficient (Wildman–Crippen LogP) is 3.87. The van der Waals surface area contributed by atoms with Gasteiger partial charge in [-0.25, -0.2) is 0 Å². The van der Waals surface area contributed by atoms with Crippen molar-refractivity contribution in [2.75, 3.05) is 12.3 Å². The van der Waals surface area contributed by atoms with Gasteiger partial charge in [0.05, 0.1) is 5.71 Å². The molecule has 1 aliphatic heterocycles. The Morgan fingerprint density at radius 2 is 2.13 bits per heavy atom. The Labute approximate surface area is 142 Å². The monoisotopic (exact) mass is 340 g/mol. The number of aliphatic imine (C=N–C) groups is 1. The molecule has 0 unspecified atom stereocenters. The number of nitrogens with zero attached hydrogens (tertiary/aromatic N) is 2. The van der Waals surface area contributed by atoms with E-state index in [0.29, 0.717) is 0 Å². The molecule has 1 aromatic carbocycles. The first-order chi connectivity index (χ1) is 11.4. The standard InChI is InChI=1S/C17H16N4S2/c1-2-6-15-13(5-1)14(10-19-15)16-11-23-17(21-20-16)18-8-7-12-4-3-9-22-12/h1-6,9-10,19H,7-8,11H2,(H,18,21). The van der Waals surface area contributed by atoms with Gasteiger partial charge >= 0.3 is 0 Å². The SMILES string of the molecule is c1csc(CCN=C2NN=C(c3c[nH]c4ccccc34)CS2)c1. The van der Waals surface area contributed by atoms with Crippen LogP contribution < -0.4 is 5.43 Å². The fourth-order valence-corrected chi connectivity index (χ4v) is 4.05. The number of fused-ring (bicyclic) bond motifs is 1. The van der Waals surface area contributed by atoms with Crippen LogP contribution in [0.2, 0.25) is 0 Å². The molecular weight excluding hydrogens is 324 g/mol. The maximum Gasteiger partial charge on any atom is 0.177 e. The van der Waals surface area contributed by atoms with Crippen LogP contribution in [0.15, 0.2) is 58.1 Å². The van der Waals surface area contributed by atoms with Crippen molar-refractivity contribution in [2.24, 2.45) is 10.1 Å². The third-order valence-electron chi connectivity index (χ3n) is 3.73. The van der Waals surface area contributed by atoms with Gasteiger partial charge in [-0.2, -0.15) is 5.10 Å². The summed E-state index contributed by atoms with van der Waals surface area (Å²) in [5.74, 6) is 0.840. The Balaban J connectivity index is 1.44. The predicted molar refractivity (Wildman–Crippen MR) is 101 cm³/mol. The van der Waals surface area contributed by atoms with Gasteiger partial charge in [-0.3, -0.25) is 10.4 Å². The Morgan fingerprint density at radius 3 is 2.96 bits per heavy atom. The molecule has 23 heavy (non-hydrogen) atoms. The minimum Gasteiger partial charge on any atom is -0.360 e. The summed E-state index contributed by atoms with van der Waals surface area (Å²) in [7, 11) is 0. The molecule has 0 aliphatic carbocycles. The first kappa shape index (κ1) is 14.5. The van der Waals surface area contributed by atoms with Crippen molar-refractivity contribution in [3.63, 3.8) is 0 Å².